The van der Waals surface area contributed by atoms with Crippen LogP contribution < -0.4 is 10.6 Å². The first kappa shape index (κ1) is 17.1. The van der Waals surface area contributed by atoms with Crippen molar-refractivity contribution in [1.29, 1.82) is 0 Å². The molecule has 1 aromatic heterocycles. The minimum absolute atomic E-state index is 0.0995. The molecular formula is C20H23N3O2. The molecule has 5 nitrogen and oxygen atoms in total. The predicted octanol–water partition coefficient (Wildman–Crippen LogP) is 2.02. The Morgan fingerprint density at radius 3 is 2.52 bits per heavy atom. The van der Waals surface area contributed by atoms with E-state index in [9.17, 15) is 9.59 Å². The van der Waals surface area contributed by atoms with Crippen LogP contribution in [-0.4, -0.2) is 28.9 Å². The van der Waals surface area contributed by atoms with Gasteiger partial charge < -0.3 is 10.6 Å². The molecule has 1 heterocycles. The molecule has 0 bridgehead atoms. The van der Waals surface area contributed by atoms with Crippen LogP contribution >= 0.6 is 0 Å². The number of nitrogens with zero attached hydrogens (tertiary/aromatic N) is 1. The number of amides is 2. The quantitative estimate of drug-likeness (QED) is 0.774. The summed E-state index contributed by atoms with van der Waals surface area (Å²) in [6, 6.07) is 15.1. The topological polar surface area (TPSA) is 71.1 Å². The Hall–Kier alpha value is -2.69. The van der Waals surface area contributed by atoms with Crippen LogP contribution in [0.15, 0.2) is 54.7 Å². The number of benzene rings is 1. The smallest absolute Gasteiger partial charge is 0.243 e. The number of carbonyl (C=O) groups is 2. The number of hydrogen-bond acceptors (Lipinski definition) is 3. The van der Waals surface area contributed by atoms with Gasteiger partial charge in [-0.15, -0.1) is 0 Å². The van der Waals surface area contributed by atoms with Gasteiger partial charge in [0.05, 0.1) is 0 Å². The average molecular weight is 337 g/mol. The van der Waals surface area contributed by atoms with Crippen molar-refractivity contribution in [2.75, 3.05) is 0 Å². The van der Waals surface area contributed by atoms with Crippen LogP contribution in [0.4, 0.5) is 0 Å². The summed E-state index contributed by atoms with van der Waals surface area (Å²) in [5.74, 6) is -0.227. The third-order valence-corrected chi connectivity index (χ3v) is 4.19. The van der Waals surface area contributed by atoms with E-state index >= 15 is 0 Å². The zero-order chi connectivity index (χ0) is 17.5. The van der Waals surface area contributed by atoms with Crippen LogP contribution in [0, 0.1) is 0 Å². The Bertz CT molecular complexity index is 699. The van der Waals surface area contributed by atoms with Gasteiger partial charge >= 0.3 is 0 Å². The van der Waals surface area contributed by atoms with Crippen LogP contribution in [0.1, 0.15) is 30.5 Å². The van der Waals surface area contributed by atoms with E-state index in [1.165, 1.54) is 0 Å². The van der Waals surface area contributed by atoms with E-state index in [4.69, 9.17) is 0 Å². The van der Waals surface area contributed by atoms with Gasteiger partial charge in [0.1, 0.15) is 6.04 Å². The molecule has 2 N–H and O–H groups in total. The maximum Gasteiger partial charge on any atom is 0.243 e. The van der Waals surface area contributed by atoms with Gasteiger partial charge in [0, 0.05) is 30.8 Å². The summed E-state index contributed by atoms with van der Waals surface area (Å²) < 4.78 is 0. The lowest BCUT2D eigenvalue weighted by Crippen LogP contribution is -2.48. The van der Waals surface area contributed by atoms with E-state index in [2.05, 4.69) is 15.6 Å². The van der Waals surface area contributed by atoms with Crippen molar-refractivity contribution < 1.29 is 9.59 Å². The highest BCUT2D eigenvalue weighted by atomic mass is 16.2. The van der Waals surface area contributed by atoms with Gasteiger partial charge in [-0.05, 0) is 37.0 Å². The number of rotatable bonds is 8. The number of aromatic nitrogens is 1. The van der Waals surface area contributed by atoms with Crippen molar-refractivity contribution in [3.63, 3.8) is 0 Å². The van der Waals surface area contributed by atoms with Gasteiger partial charge in [0.25, 0.3) is 0 Å². The number of aryl methyl sites for hydroxylation is 1. The zero-order valence-electron chi connectivity index (χ0n) is 14.2. The lowest BCUT2D eigenvalue weighted by Gasteiger charge is -2.18. The fourth-order valence-corrected chi connectivity index (χ4v) is 2.64. The molecule has 1 atom stereocenters. The van der Waals surface area contributed by atoms with Gasteiger partial charge in [-0.2, -0.15) is 0 Å². The maximum absolute atomic E-state index is 12.5. The summed E-state index contributed by atoms with van der Waals surface area (Å²) in [5, 5.41) is 5.88. The van der Waals surface area contributed by atoms with Gasteiger partial charge in [-0.3, -0.25) is 14.6 Å². The van der Waals surface area contributed by atoms with Gasteiger partial charge in [-0.25, -0.2) is 0 Å². The molecule has 1 fully saturated rings. The fourth-order valence-electron chi connectivity index (χ4n) is 2.64. The SMILES string of the molecule is O=C(CCc1ccccn1)N[C@@H](Cc1ccccc1)C(=O)NC1CC1. The van der Waals surface area contributed by atoms with Crippen molar-refractivity contribution in [1.82, 2.24) is 15.6 Å². The fraction of sp³-hybridized carbons (Fsp3) is 0.350. The van der Waals surface area contributed by atoms with Gasteiger partial charge in [-0.1, -0.05) is 36.4 Å². The Kier molecular flexibility index (Phi) is 5.77. The Morgan fingerprint density at radius 2 is 1.84 bits per heavy atom. The number of carbonyl (C=O) groups excluding carboxylic acids is 2. The largest absolute Gasteiger partial charge is 0.352 e. The highest BCUT2D eigenvalue weighted by Gasteiger charge is 2.28. The standard InChI is InChI=1S/C20H23N3O2/c24-19(12-11-16-8-4-5-13-21-16)23-18(20(25)22-17-9-10-17)14-15-6-2-1-3-7-15/h1-8,13,17-18H,9-12,14H2,(H,22,25)(H,23,24)/t18-/m0/s1. The average Bonchev–Trinajstić information content (AvgIpc) is 3.45. The molecule has 5 heteroatoms. The van der Waals surface area contributed by atoms with E-state index in [1.807, 2.05) is 48.5 Å². The second-order valence-electron chi connectivity index (χ2n) is 6.41. The maximum atomic E-state index is 12.5. The highest BCUT2D eigenvalue weighted by Crippen LogP contribution is 2.19. The van der Waals surface area contributed by atoms with Crippen molar-refractivity contribution in [2.24, 2.45) is 0 Å². The van der Waals surface area contributed by atoms with E-state index < -0.39 is 6.04 Å². The Balaban J connectivity index is 1.57. The minimum Gasteiger partial charge on any atom is -0.352 e. The van der Waals surface area contributed by atoms with Crippen molar-refractivity contribution >= 4 is 11.8 Å². The van der Waals surface area contributed by atoms with Crippen molar-refractivity contribution in [2.45, 2.75) is 44.2 Å². The molecule has 0 aliphatic heterocycles. The molecule has 1 saturated carbocycles. The molecule has 1 aliphatic carbocycles. The molecule has 0 saturated heterocycles. The molecule has 0 unspecified atom stereocenters. The molecule has 25 heavy (non-hydrogen) atoms. The third-order valence-electron chi connectivity index (χ3n) is 4.19. The first-order chi connectivity index (χ1) is 12.2. The summed E-state index contributed by atoms with van der Waals surface area (Å²) in [5.41, 5.74) is 1.91. The zero-order valence-corrected chi connectivity index (χ0v) is 14.2. The van der Waals surface area contributed by atoms with Crippen LogP contribution in [0.25, 0.3) is 0 Å². The summed E-state index contributed by atoms with van der Waals surface area (Å²) in [7, 11) is 0. The Morgan fingerprint density at radius 1 is 1.08 bits per heavy atom. The lowest BCUT2D eigenvalue weighted by atomic mass is 10.0. The third kappa shape index (κ3) is 5.71. The first-order valence-corrected chi connectivity index (χ1v) is 8.74. The van der Waals surface area contributed by atoms with E-state index in [1.54, 1.807) is 6.20 Å². The summed E-state index contributed by atoms with van der Waals surface area (Å²) in [6.45, 7) is 0. The molecule has 1 aromatic carbocycles. The molecule has 0 spiro atoms. The lowest BCUT2D eigenvalue weighted by molar-refractivity contribution is -0.129. The summed E-state index contributed by atoms with van der Waals surface area (Å²) >= 11 is 0. The van der Waals surface area contributed by atoms with Crippen LogP contribution in [0.5, 0.6) is 0 Å². The summed E-state index contributed by atoms with van der Waals surface area (Å²) in [4.78, 5) is 29.0. The van der Waals surface area contributed by atoms with E-state index in [-0.39, 0.29) is 17.9 Å². The second kappa shape index (κ2) is 8.42. The van der Waals surface area contributed by atoms with Gasteiger partial charge in [0.15, 0.2) is 0 Å². The molecular weight excluding hydrogens is 314 g/mol. The van der Waals surface area contributed by atoms with Crippen LogP contribution in [-0.2, 0) is 22.4 Å². The van der Waals surface area contributed by atoms with Crippen molar-refractivity contribution in [3.05, 3.63) is 66.0 Å². The molecule has 3 rings (SSSR count). The summed E-state index contributed by atoms with van der Waals surface area (Å²) in [6.07, 6.45) is 5.14. The number of nitrogens with one attached hydrogen (secondary N) is 2. The van der Waals surface area contributed by atoms with Crippen LogP contribution in [0.3, 0.4) is 0 Å². The van der Waals surface area contributed by atoms with E-state index in [0.717, 1.165) is 24.1 Å². The van der Waals surface area contributed by atoms with Gasteiger partial charge in [0.2, 0.25) is 11.8 Å². The molecule has 1 aliphatic rings. The highest BCUT2D eigenvalue weighted by molar-refractivity contribution is 5.88. The number of pyridine rings is 1. The molecule has 0 radical (unpaired) electrons. The van der Waals surface area contributed by atoms with Crippen LogP contribution in [0.2, 0.25) is 0 Å². The monoisotopic (exact) mass is 337 g/mol. The van der Waals surface area contributed by atoms with E-state index in [0.29, 0.717) is 19.3 Å². The van der Waals surface area contributed by atoms with Crippen molar-refractivity contribution in [3.8, 4) is 0 Å². The molecule has 130 valence electrons. The normalized spacial score (nSPS) is 14.6. The minimum atomic E-state index is -0.542. The number of hydrogen-bond donors (Lipinski definition) is 2. The second-order valence-corrected chi connectivity index (χ2v) is 6.41. The Labute approximate surface area is 147 Å². The first-order valence-electron chi connectivity index (χ1n) is 8.74. The molecule has 2 amide bonds. The predicted molar refractivity (Wildman–Crippen MR) is 95.8 cm³/mol. The molecule has 2 aromatic rings.